The maximum Gasteiger partial charge on any atom is 0.236 e. The van der Waals surface area contributed by atoms with Crippen LogP contribution in [0.2, 0.25) is 0 Å². The van der Waals surface area contributed by atoms with Crippen molar-refractivity contribution in [2.75, 3.05) is 65.4 Å². The molecule has 0 bridgehead atoms. The number of nitrogens with zero attached hydrogens (tertiary/aromatic N) is 4. The Balaban J connectivity index is 1.21. The minimum absolute atomic E-state index is 0.0726. The van der Waals surface area contributed by atoms with Crippen LogP contribution in [0.25, 0.3) is 10.8 Å². The topological polar surface area (TPSA) is 59.1 Å². The van der Waals surface area contributed by atoms with E-state index in [9.17, 15) is 9.59 Å². The van der Waals surface area contributed by atoms with Crippen LogP contribution in [0.3, 0.4) is 0 Å². The molecular weight excluding hydrogens is 438 g/mol. The molecule has 2 heterocycles. The van der Waals surface area contributed by atoms with Crippen molar-refractivity contribution in [3.8, 4) is 0 Å². The molecule has 0 atom stereocenters. The summed E-state index contributed by atoms with van der Waals surface area (Å²) in [5, 5.41) is 5.64. The molecule has 4 rings (SSSR count). The van der Waals surface area contributed by atoms with Gasteiger partial charge in [-0.3, -0.25) is 24.3 Å². The summed E-state index contributed by atoms with van der Waals surface area (Å²) in [7, 11) is 0. The first kappa shape index (κ1) is 25.6. The van der Waals surface area contributed by atoms with Gasteiger partial charge in [-0.15, -0.1) is 0 Å². The highest BCUT2D eigenvalue weighted by Gasteiger charge is 2.25. The van der Waals surface area contributed by atoms with Gasteiger partial charge in [0.1, 0.15) is 0 Å². The molecule has 7 nitrogen and oxygen atoms in total. The van der Waals surface area contributed by atoms with E-state index in [4.69, 9.17) is 0 Å². The quantitative estimate of drug-likeness (QED) is 0.690. The molecule has 2 amide bonds. The lowest BCUT2D eigenvalue weighted by Gasteiger charge is -2.36. The van der Waals surface area contributed by atoms with Crippen molar-refractivity contribution in [3.63, 3.8) is 0 Å². The summed E-state index contributed by atoms with van der Waals surface area (Å²) < 4.78 is 0. The van der Waals surface area contributed by atoms with Gasteiger partial charge in [-0.25, -0.2) is 0 Å². The summed E-state index contributed by atoms with van der Waals surface area (Å²) in [6.45, 7) is 14.7. The molecule has 7 heteroatoms. The maximum absolute atomic E-state index is 13.0. The standard InChI is InChI=1S/C28H41N5O2/c1-28(2,3)29-26(34)21-30-12-7-13-31(15-14-30)22-27(35)33-18-16-32(17-19-33)20-24-10-6-9-23-8-4-5-11-25(23)24/h4-6,8-11H,7,12-22H2,1-3H3,(H,29,34). The molecule has 0 unspecified atom stereocenters. The summed E-state index contributed by atoms with van der Waals surface area (Å²) in [5.74, 6) is 0.303. The van der Waals surface area contributed by atoms with Crippen molar-refractivity contribution in [2.45, 2.75) is 39.3 Å². The molecule has 2 aliphatic heterocycles. The van der Waals surface area contributed by atoms with Crippen LogP contribution in [0.15, 0.2) is 42.5 Å². The molecule has 0 saturated carbocycles. The molecular formula is C28H41N5O2. The number of nitrogens with one attached hydrogen (secondary N) is 1. The van der Waals surface area contributed by atoms with Crippen LogP contribution in [-0.4, -0.2) is 102 Å². The van der Waals surface area contributed by atoms with Crippen LogP contribution in [0.4, 0.5) is 0 Å². The molecule has 0 aliphatic carbocycles. The van der Waals surface area contributed by atoms with E-state index in [0.29, 0.717) is 13.1 Å². The normalized spacial score (nSPS) is 19.0. The third-order valence-electron chi connectivity index (χ3n) is 6.92. The molecule has 0 spiro atoms. The number of hydrogen-bond donors (Lipinski definition) is 1. The molecule has 2 aromatic carbocycles. The lowest BCUT2D eigenvalue weighted by Crippen LogP contribution is -2.51. The van der Waals surface area contributed by atoms with Gasteiger partial charge < -0.3 is 10.2 Å². The Morgan fingerprint density at radius 3 is 2.11 bits per heavy atom. The second kappa shape index (κ2) is 11.5. The number of amides is 2. The third-order valence-corrected chi connectivity index (χ3v) is 6.92. The van der Waals surface area contributed by atoms with E-state index in [0.717, 1.165) is 65.3 Å². The fraction of sp³-hybridized carbons (Fsp3) is 0.571. The van der Waals surface area contributed by atoms with E-state index in [-0.39, 0.29) is 17.4 Å². The van der Waals surface area contributed by atoms with Gasteiger partial charge in [-0.2, -0.15) is 0 Å². The fourth-order valence-electron chi connectivity index (χ4n) is 5.12. The molecule has 2 saturated heterocycles. The Hall–Kier alpha value is -2.48. The number of carbonyl (C=O) groups is 2. The molecule has 2 aromatic rings. The highest BCUT2D eigenvalue weighted by atomic mass is 16.2. The van der Waals surface area contributed by atoms with Crippen molar-refractivity contribution in [1.29, 1.82) is 0 Å². The number of hydrogen-bond acceptors (Lipinski definition) is 5. The van der Waals surface area contributed by atoms with Gasteiger partial charge in [-0.1, -0.05) is 42.5 Å². The first-order chi connectivity index (χ1) is 16.8. The minimum Gasteiger partial charge on any atom is -0.350 e. The highest BCUT2D eigenvalue weighted by Crippen LogP contribution is 2.20. The van der Waals surface area contributed by atoms with Gasteiger partial charge in [0, 0.05) is 51.4 Å². The van der Waals surface area contributed by atoms with Gasteiger partial charge in [0.15, 0.2) is 0 Å². The van der Waals surface area contributed by atoms with Gasteiger partial charge in [0.25, 0.3) is 0 Å². The van der Waals surface area contributed by atoms with Gasteiger partial charge >= 0.3 is 0 Å². The van der Waals surface area contributed by atoms with Crippen LogP contribution >= 0.6 is 0 Å². The molecule has 0 radical (unpaired) electrons. The summed E-state index contributed by atoms with van der Waals surface area (Å²) in [6.07, 6.45) is 0.981. The molecule has 2 fully saturated rings. The van der Waals surface area contributed by atoms with Gasteiger partial charge in [0.2, 0.25) is 11.8 Å². The van der Waals surface area contributed by atoms with E-state index in [2.05, 4.69) is 62.5 Å². The SMILES string of the molecule is CC(C)(C)NC(=O)CN1CCCN(CC(=O)N2CCN(Cc3cccc4ccccc34)CC2)CC1. The molecule has 2 aliphatic rings. The third kappa shape index (κ3) is 7.50. The van der Waals surface area contributed by atoms with Crippen molar-refractivity contribution in [2.24, 2.45) is 0 Å². The predicted molar refractivity (Wildman–Crippen MR) is 141 cm³/mol. The highest BCUT2D eigenvalue weighted by molar-refractivity contribution is 5.85. The first-order valence-electron chi connectivity index (χ1n) is 13.0. The average Bonchev–Trinajstić information content (AvgIpc) is 3.03. The fourth-order valence-corrected chi connectivity index (χ4v) is 5.12. The molecule has 0 aromatic heterocycles. The summed E-state index contributed by atoms with van der Waals surface area (Å²) in [6, 6.07) is 15.1. The minimum atomic E-state index is -0.208. The Bertz CT molecular complexity index is 1000. The van der Waals surface area contributed by atoms with Crippen molar-refractivity contribution in [3.05, 3.63) is 48.0 Å². The number of fused-ring (bicyclic) bond motifs is 1. The van der Waals surface area contributed by atoms with Crippen LogP contribution in [0.1, 0.15) is 32.8 Å². The average molecular weight is 480 g/mol. The smallest absolute Gasteiger partial charge is 0.236 e. The number of carbonyl (C=O) groups excluding carboxylic acids is 2. The van der Waals surface area contributed by atoms with E-state index >= 15 is 0 Å². The Morgan fingerprint density at radius 1 is 0.771 bits per heavy atom. The van der Waals surface area contributed by atoms with Gasteiger partial charge in [0.05, 0.1) is 13.1 Å². The van der Waals surface area contributed by atoms with E-state index in [1.54, 1.807) is 0 Å². The second-order valence-corrected chi connectivity index (χ2v) is 11.0. The molecule has 190 valence electrons. The second-order valence-electron chi connectivity index (χ2n) is 11.0. The lowest BCUT2D eigenvalue weighted by atomic mass is 10.0. The zero-order valence-corrected chi connectivity index (χ0v) is 21.6. The maximum atomic E-state index is 13.0. The predicted octanol–water partition coefficient (Wildman–Crippen LogP) is 2.41. The zero-order valence-electron chi connectivity index (χ0n) is 21.6. The Kier molecular flexibility index (Phi) is 8.42. The Morgan fingerprint density at radius 2 is 1.40 bits per heavy atom. The zero-order chi connectivity index (χ0) is 24.8. The van der Waals surface area contributed by atoms with Crippen molar-refractivity contribution < 1.29 is 9.59 Å². The van der Waals surface area contributed by atoms with Crippen LogP contribution in [0, 0.1) is 0 Å². The lowest BCUT2D eigenvalue weighted by molar-refractivity contribution is -0.134. The first-order valence-corrected chi connectivity index (χ1v) is 13.0. The van der Waals surface area contributed by atoms with Crippen LogP contribution in [-0.2, 0) is 16.1 Å². The summed E-state index contributed by atoms with van der Waals surface area (Å²) >= 11 is 0. The largest absolute Gasteiger partial charge is 0.350 e. The number of rotatable bonds is 6. The molecule has 35 heavy (non-hydrogen) atoms. The van der Waals surface area contributed by atoms with Crippen molar-refractivity contribution in [1.82, 2.24) is 24.9 Å². The summed E-state index contributed by atoms with van der Waals surface area (Å²) in [4.78, 5) is 34.2. The van der Waals surface area contributed by atoms with E-state index in [1.807, 2.05) is 25.7 Å². The number of piperazine rings is 1. The summed E-state index contributed by atoms with van der Waals surface area (Å²) in [5.41, 5.74) is 1.15. The monoisotopic (exact) mass is 479 g/mol. The van der Waals surface area contributed by atoms with E-state index < -0.39 is 0 Å². The van der Waals surface area contributed by atoms with Crippen LogP contribution < -0.4 is 5.32 Å². The van der Waals surface area contributed by atoms with E-state index in [1.165, 1.54) is 16.3 Å². The Labute approximate surface area is 210 Å². The van der Waals surface area contributed by atoms with Crippen molar-refractivity contribution >= 4 is 22.6 Å². The number of benzene rings is 2. The van der Waals surface area contributed by atoms with Gasteiger partial charge in [-0.05, 0) is 56.6 Å². The molecule has 1 N–H and O–H groups in total. The van der Waals surface area contributed by atoms with Crippen LogP contribution in [0.5, 0.6) is 0 Å².